The fourth-order valence-electron chi connectivity index (χ4n) is 3.12. The molecule has 6 nitrogen and oxygen atoms in total. The summed E-state index contributed by atoms with van der Waals surface area (Å²) in [5.74, 6) is -0.453. The van der Waals surface area contributed by atoms with E-state index >= 15 is 0 Å². The lowest BCUT2D eigenvalue weighted by Gasteiger charge is -2.18. The van der Waals surface area contributed by atoms with Crippen molar-refractivity contribution in [2.45, 2.75) is 39.2 Å². The van der Waals surface area contributed by atoms with E-state index < -0.39 is 30.2 Å². The number of benzene rings is 2. The van der Waals surface area contributed by atoms with Crippen molar-refractivity contribution >= 4 is 5.97 Å². The molecule has 1 atom stereocenters. The summed E-state index contributed by atoms with van der Waals surface area (Å²) in [7, 11) is 0. The summed E-state index contributed by atoms with van der Waals surface area (Å²) >= 11 is 0. The number of carbonyl (C=O) groups is 1. The number of hydrogen-bond donors (Lipinski definition) is 1. The van der Waals surface area contributed by atoms with Gasteiger partial charge in [-0.05, 0) is 43.7 Å². The van der Waals surface area contributed by atoms with Gasteiger partial charge in [-0.15, -0.1) is 0 Å². The Kier molecular flexibility index (Phi) is 7.19. The first-order valence-electron chi connectivity index (χ1n) is 9.88. The van der Waals surface area contributed by atoms with Crippen LogP contribution in [-0.4, -0.2) is 28.8 Å². The topological polar surface area (TPSA) is 81.8 Å². The minimum absolute atomic E-state index is 0.0204. The average molecular weight is 449 g/mol. The minimum Gasteiger partial charge on any atom is -0.487 e. The molecule has 1 unspecified atom stereocenters. The number of carboxylic acid groups (broad SMARTS) is 1. The van der Waals surface area contributed by atoms with Crippen LogP contribution in [0.3, 0.4) is 0 Å². The number of alkyl halides is 3. The fourth-order valence-corrected chi connectivity index (χ4v) is 3.12. The Morgan fingerprint density at radius 1 is 1.19 bits per heavy atom. The second kappa shape index (κ2) is 9.86. The van der Waals surface area contributed by atoms with Gasteiger partial charge in [0.25, 0.3) is 0 Å². The van der Waals surface area contributed by atoms with Crippen molar-refractivity contribution in [2.24, 2.45) is 0 Å². The average Bonchev–Trinajstić information content (AvgIpc) is 3.13. The van der Waals surface area contributed by atoms with Crippen LogP contribution in [-0.2, 0) is 28.7 Å². The summed E-state index contributed by atoms with van der Waals surface area (Å²) in [6, 6.07) is 12.6. The molecule has 2 aromatic carbocycles. The lowest BCUT2D eigenvalue weighted by Crippen LogP contribution is -2.27. The van der Waals surface area contributed by atoms with E-state index in [2.05, 4.69) is 4.98 Å². The lowest BCUT2D eigenvalue weighted by molar-refractivity contribution is -0.150. The van der Waals surface area contributed by atoms with Gasteiger partial charge >= 0.3 is 12.1 Å². The molecule has 170 valence electrons. The van der Waals surface area contributed by atoms with E-state index in [9.17, 15) is 23.1 Å². The van der Waals surface area contributed by atoms with Crippen LogP contribution in [0.5, 0.6) is 5.75 Å². The summed E-state index contributed by atoms with van der Waals surface area (Å²) < 4.78 is 57.1. The molecule has 1 aromatic heterocycles. The van der Waals surface area contributed by atoms with Crippen LogP contribution in [0, 0.1) is 6.92 Å². The number of ether oxygens (including phenoxy) is 2. The first-order valence-corrected chi connectivity index (χ1v) is 9.88. The zero-order valence-corrected chi connectivity index (χ0v) is 17.5. The van der Waals surface area contributed by atoms with E-state index in [-0.39, 0.29) is 24.5 Å². The predicted molar refractivity (Wildman–Crippen MR) is 109 cm³/mol. The monoisotopic (exact) mass is 449 g/mol. The number of carboxylic acids is 1. The molecular formula is C23H22F3NO5. The summed E-state index contributed by atoms with van der Waals surface area (Å²) in [4.78, 5) is 15.6. The number of rotatable bonds is 9. The van der Waals surface area contributed by atoms with Gasteiger partial charge in [-0.2, -0.15) is 13.2 Å². The Labute approximate surface area is 182 Å². The molecule has 0 saturated heterocycles. The lowest BCUT2D eigenvalue weighted by atomic mass is 10.0. The van der Waals surface area contributed by atoms with Crippen LogP contribution in [0.25, 0.3) is 11.5 Å². The van der Waals surface area contributed by atoms with Crippen LogP contribution in [0.2, 0.25) is 0 Å². The predicted octanol–water partition coefficient (Wildman–Crippen LogP) is 5.28. The van der Waals surface area contributed by atoms with Crippen molar-refractivity contribution in [1.29, 1.82) is 0 Å². The van der Waals surface area contributed by atoms with Gasteiger partial charge < -0.3 is 19.0 Å². The van der Waals surface area contributed by atoms with Gasteiger partial charge in [0.05, 0.1) is 5.56 Å². The van der Waals surface area contributed by atoms with Gasteiger partial charge in [0.1, 0.15) is 23.8 Å². The van der Waals surface area contributed by atoms with Gasteiger partial charge in [-0.3, -0.25) is 0 Å². The third kappa shape index (κ3) is 5.67. The van der Waals surface area contributed by atoms with Crippen molar-refractivity contribution in [1.82, 2.24) is 4.98 Å². The standard InChI is InChI=1S/C23H22F3NO5/c1-3-30-20(22(28)29)11-16-9-10-17(12-18(16)23(24,25)26)31-13-19-14(2)32-21(27-19)15-7-5-4-6-8-15/h4-10,12,20H,3,11,13H2,1-2H3,(H,28,29). The van der Waals surface area contributed by atoms with E-state index in [1.54, 1.807) is 13.8 Å². The van der Waals surface area contributed by atoms with E-state index in [1.165, 1.54) is 12.1 Å². The van der Waals surface area contributed by atoms with E-state index in [1.807, 2.05) is 30.3 Å². The molecule has 0 spiro atoms. The minimum atomic E-state index is -4.69. The SMILES string of the molecule is CCOC(Cc1ccc(OCc2nc(-c3ccccc3)oc2C)cc1C(F)(F)F)C(=O)O. The van der Waals surface area contributed by atoms with E-state index in [4.69, 9.17) is 13.9 Å². The van der Waals surface area contributed by atoms with Crippen molar-refractivity contribution in [3.63, 3.8) is 0 Å². The fraction of sp³-hybridized carbons (Fsp3) is 0.304. The van der Waals surface area contributed by atoms with Crippen molar-refractivity contribution in [3.05, 3.63) is 71.1 Å². The maximum absolute atomic E-state index is 13.6. The summed E-state index contributed by atoms with van der Waals surface area (Å²) in [6.45, 7) is 3.26. The van der Waals surface area contributed by atoms with Gasteiger partial charge in [0.2, 0.25) is 5.89 Å². The first-order chi connectivity index (χ1) is 15.2. The van der Waals surface area contributed by atoms with Crippen molar-refractivity contribution in [3.8, 4) is 17.2 Å². The molecule has 3 rings (SSSR count). The number of aryl methyl sites for hydroxylation is 1. The van der Waals surface area contributed by atoms with Crippen LogP contribution < -0.4 is 4.74 Å². The number of oxazole rings is 1. The smallest absolute Gasteiger partial charge is 0.416 e. The quantitative estimate of drug-likeness (QED) is 0.479. The largest absolute Gasteiger partial charge is 0.487 e. The van der Waals surface area contributed by atoms with Gasteiger partial charge in [0, 0.05) is 18.6 Å². The summed E-state index contributed by atoms with van der Waals surface area (Å²) in [5.41, 5.74) is 0.0779. The molecule has 0 bridgehead atoms. The third-order valence-electron chi connectivity index (χ3n) is 4.72. The Hall–Kier alpha value is -3.33. The Morgan fingerprint density at radius 2 is 1.91 bits per heavy atom. The molecule has 9 heteroatoms. The zero-order chi connectivity index (χ0) is 23.3. The highest BCUT2D eigenvalue weighted by atomic mass is 19.4. The maximum Gasteiger partial charge on any atom is 0.416 e. The van der Waals surface area contributed by atoms with Gasteiger partial charge in [-0.25, -0.2) is 9.78 Å². The molecule has 32 heavy (non-hydrogen) atoms. The number of halogens is 3. The summed E-state index contributed by atoms with van der Waals surface area (Å²) in [6.07, 6.45) is -6.47. The van der Waals surface area contributed by atoms with E-state index in [0.29, 0.717) is 17.3 Å². The number of aliphatic carboxylic acids is 1. The number of aromatic nitrogens is 1. The van der Waals surface area contributed by atoms with E-state index in [0.717, 1.165) is 11.6 Å². The Bertz CT molecular complexity index is 1060. The van der Waals surface area contributed by atoms with Crippen LogP contribution in [0.4, 0.5) is 13.2 Å². The molecule has 0 saturated carbocycles. The number of hydrogen-bond acceptors (Lipinski definition) is 5. The van der Waals surface area contributed by atoms with Crippen molar-refractivity contribution in [2.75, 3.05) is 6.61 Å². The molecule has 0 radical (unpaired) electrons. The number of nitrogens with zero attached hydrogens (tertiary/aromatic N) is 1. The molecule has 1 N–H and O–H groups in total. The molecule has 0 aliphatic carbocycles. The molecule has 0 aliphatic heterocycles. The second-order valence-electron chi connectivity index (χ2n) is 6.98. The normalized spacial score (nSPS) is 12.5. The van der Waals surface area contributed by atoms with Gasteiger partial charge in [-0.1, -0.05) is 24.3 Å². The molecule has 3 aromatic rings. The van der Waals surface area contributed by atoms with Gasteiger partial charge in [0.15, 0.2) is 6.10 Å². The van der Waals surface area contributed by atoms with Crippen LogP contribution >= 0.6 is 0 Å². The Morgan fingerprint density at radius 3 is 2.53 bits per heavy atom. The second-order valence-corrected chi connectivity index (χ2v) is 6.98. The van der Waals surface area contributed by atoms with Crippen molar-refractivity contribution < 1.29 is 37.0 Å². The first kappa shape index (κ1) is 23.3. The highest BCUT2D eigenvalue weighted by Gasteiger charge is 2.35. The zero-order valence-electron chi connectivity index (χ0n) is 17.5. The van der Waals surface area contributed by atoms with Crippen LogP contribution in [0.1, 0.15) is 29.5 Å². The maximum atomic E-state index is 13.6. The molecule has 0 fully saturated rings. The molecule has 1 heterocycles. The molecule has 0 aliphatic rings. The highest BCUT2D eigenvalue weighted by molar-refractivity contribution is 5.73. The summed E-state index contributed by atoms with van der Waals surface area (Å²) in [5, 5.41) is 9.19. The molecular weight excluding hydrogens is 427 g/mol. The van der Waals surface area contributed by atoms with Crippen LogP contribution in [0.15, 0.2) is 52.9 Å². The molecule has 0 amide bonds. The Balaban J connectivity index is 1.79. The third-order valence-corrected chi connectivity index (χ3v) is 4.72. The highest BCUT2D eigenvalue weighted by Crippen LogP contribution is 2.35.